The van der Waals surface area contributed by atoms with Crippen molar-refractivity contribution in [3.05, 3.63) is 0 Å². The molecule has 1 aliphatic rings. The Morgan fingerprint density at radius 1 is 1.29 bits per heavy atom. The lowest BCUT2D eigenvalue weighted by molar-refractivity contribution is 0.117. The molecule has 3 N–H and O–H groups in total. The number of hydrogen-bond acceptors (Lipinski definition) is 3. The first kappa shape index (κ1) is 14.3. The summed E-state index contributed by atoms with van der Waals surface area (Å²) in [6, 6.07) is 0.672. The van der Waals surface area contributed by atoms with E-state index < -0.39 is 0 Å². The zero-order chi connectivity index (χ0) is 12.8. The quantitative estimate of drug-likeness (QED) is 0.336. The Labute approximate surface area is 105 Å². The summed E-state index contributed by atoms with van der Waals surface area (Å²) in [7, 11) is 0. The molecule has 1 saturated carbocycles. The highest BCUT2D eigenvalue weighted by Crippen LogP contribution is 2.31. The summed E-state index contributed by atoms with van der Waals surface area (Å²) in [5.41, 5.74) is 5.53. The fourth-order valence-corrected chi connectivity index (χ4v) is 3.11. The van der Waals surface area contributed by atoms with Crippen LogP contribution in [0, 0.1) is 11.8 Å². The van der Waals surface area contributed by atoms with E-state index in [9.17, 15) is 0 Å². The van der Waals surface area contributed by atoms with Crippen molar-refractivity contribution in [1.29, 1.82) is 0 Å². The Morgan fingerprint density at radius 2 is 1.88 bits per heavy atom. The van der Waals surface area contributed by atoms with Gasteiger partial charge in [0.2, 0.25) is 0 Å². The number of oxime groups is 1. The molecule has 0 aromatic heterocycles. The van der Waals surface area contributed by atoms with Gasteiger partial charge in [-0.3, -0.25) is 0 Å². The largest absolute Gasteiger partial charge is 0.409 e. The van der Waals surface area contributed by atoms with Gasteiger partial charge in [-0.15, -0.1) is 0 Å². The first-order chi connectivity index (χ1) is 8.06. The van der Waals surface area contributed by atoms with Crippen LogP contribution in [0.2, 0.25) is 0 Å². The zero-order valence-electron chi connectivity index (χ0n) is 11.4. The summed E-state index contributed by atoms with van der Waals surface area (Å²) in [4.78, 5) is 2.48. The van der Waals surface area contributed by atoms with Crippen LogP contribution in [0.1, 0.15) is 46.5 Å². The highest BCUT2D eigenvalue weighted by atomic mass is 16.4. The Morgan fingerprint density at radius 3 is 2.35 bits per heavy atom. The Hall–Kier alpha value is -0.770. The number of nitrogens with two attached hydrogens (primary N) is 1. The van der Waals surface area contributed by atoms with Crippen LogP contribution in [0.4, 0.5) is 0 Å². The van der Waals surface area contributed by atoms with Crippen LogP contribution in [0.15, 0.2) is 5.16 Å². The molecule has 100 valence electrons. The normalized spacial score (nSPS) is 30.8. The Kier molecular flexibility index (Phi) is 5.75. The van der Waals surface area contributed by atoms with Crippen molar-refractivity contribution in [3.63, 3.8) is 0 Å². The summed E-state index contributed by atoms with van der Waals surface area (Å²) < 4.78 is 0. The van der Waals surface area contributed by atoms with Gasteiger partial charge in [-0.25, -0.2) is 0 Å². The standard InChI is InChI=1S/C13H27N3O/c1-4-16(6-5-13(14)15-17)12-8-10(2)7-11(3)9-12/h10-12,17H,4-9H2,1-3H3,(H2,14,15). The van der Waals surface area contributed by atoms with Crippen molar-refractivity contribution in [2.75, 3.05) is 13.1 Å². The van der Waals surface area contributed by atoms with E-state index in [2.05, 4.69) is 30.8 Å². The second kappa shape index (κ2) is 6.84. The van der Waals surface area contributed by atoms with Gasteiger partial charge in [-0.05, 0) is 37.6 Å². The van der Waals surface area contributed by atoms with Gasteiger partial charge >= 0.3 is 0 Å². The first-order valence-electron chi connectivity index (χ1n) is 6.77. The van der Waals surface area contributed by atoms with E-state index in [1.807, 2.05) is 0 Å². The van der Waals surface area contributed by atoms with Gasteiger partial charge in [-0.1, -0.05) is 25.9 Å². The molecule has 0 amide bonds. The lowest BCUT2D eigenvalue weighted by atomic mass is 9.80. The van der Waals surface area contributed by atoms with Gasteiger partial charge < -0.3 is 15.8 Å². The number of amidine groups is 1. The summed E-state index contributed by atoms with van der Waals surface area (Å²) in [6.45, 7) is 8.83. The van der Waals surface area contributed by atoms with E-state index in [0.29, 0.717) is 18.3 Å². The van der Waals surface area contributed by atoms with E-state index in [1.165, 1.54) is 19.3 Å². The maximum atomic E-state index is 8.56. The molecule has 0 radical (unpaired) electrons. The second-order valence-corrected chi connectivity index (χ2v) is 5.54. The topological polar surface area (TPSA) is 61.8 Å². The average molecular weight is 241 g/mol. The molecular formula is C13H27N3O. The molecule has 2 unspecified atom stereocenters. The minimum absolute atomic E-state index is 0.334. The minimum atomic E-state index is 0.334. The Balaban J connectivity index is 2.48. The maximum Gasteiger partial charge on any atom is 0.140 e. The van der Waals surface area contributed by atoms with Crippen molar-refractivity contribution >= 4 is 5.84 Å². The van der Waals surface area contributed by atoms with E-state index in [-0.39, 0.29) is 0 Å². The molecule has 1 rings (SSSR count). The number of nitrogens with zero attached hydrogens (tertiary/aromatic N) is 2. The molecule has 1 aliphatic carbocycles. The van der Waals surface area contributed by atoms with E-state index >= 15 is 0 Å². The SMILES string of the molecule is CCN(CC/C(N)=N/O)C1CC(C)CC(C)C1. The molecule has 2 atom stereocenters. The van der Waals surface area contributed by atoms with Crippen LogP contribution < -0.4 is 5.73 Å². The smallest absolute Gasteiger partial charge is 0.140 e. The summed E-state index contributed by atoms with van der Waals surface area (Å²) >= 11 is 0. The molecule has 4 nitrogen and oxygen atoms in total. The first-order valence-corrected chi connectivity index (χ1v) is 6.77. The second-order valence-electron chi connectivity index (χ2n) is 5.54. The summed E-state index contributed by atoms with van der Waals surface area (Å²) in [5, 5.41) is 11.6. The van der Waals surface area contributed by atoms with Crippen molar-refractivity contribution in [2.24, 2.45) is 22.7 Å². The molecule has 0 aliphatic heterocycles. The van der Waals surface area contributed by atoms with E-state index in [0.717, 1.165) is 24.9 Å². The monoisotopic (exact) mass is 241 g/mol. The highest BCUT2D eigenvalue weighted by Gasteiger charge is 2.27. The summed E-state index contributed by atoms with van der Waals surface area (Å²) in [6.07, 6.45) is 4.58. The molecule has 1 fully saturated rings. The fourth-order valence-electron chi connectivity index (χ4n) is 3.11. The molecule has 4 heteroatoms. The molecule has 0 bridgehead atoms. The fraction of sp³-hybridized carbons (Fsp3) is 0.923. The van der Waals surface area contributed by atoms with Crippen molar-refractivity contribution in [1.82, 2.24) is 4.90 Å². The minimum Gasteiger partial charge on any atom is -0.409 e. The third-order valence-corrected chi connectivity index (χ3v) is 3.86. The molecular weight excluding hydrogens is 214 g/mol. The van der Waals surface area contributed by atoms with Gasteiger partial charge in [-0.2, -0.15) is 0 Å². The van der Waals surface area contributed by atoms with Crippen molar-refractivity contribution in [2.45, 2.75) is 52.5 Å². The van der Waals surface area contributed by atoms with Crippen LogP contribution in [-0.2, 0) is 0 Å². The molecule has 0 heterocycles. The Bertz CT molecular complexity index is 245. The van der Waals surface area contributed by atoms with Crippen molar-refractivity contribution in [3.8, 4) is 0 Å². The third-order valence-electron chi connectivity index (χ3n) is 3.86. The van der Waals surface area contributed by atoms with Gasteiger partial charge in [0.1, 0.15) is 5.84 Å². The lowest BCUT2D eigenvalue weighted by Crippen LogP contribution is -2.41. The highest BCUT2D eigenvalue weighted by molar-refractivity contribution is 5.79. The van der Waals surface area contributed by atoms with Crippen LogP contribution in [0.5, 0.6) is 0 Å². The van der Waals surface area contributed by atoms with E-state index in [1.54, 1.807) is 0 Å². The molecule has 0 aromatic carbocycles. The molecule has 0 spiro atoms. The van der Waals surface area contributed by atoms with Gasteiger partial charge in [0.25, 0.3) is 0 Å². The summed E-state index contributed by atoms with van der Waals surface area (Å²) in [5.74, 6) is 1.98. The van der Waals surface area contributed by atoms with Gasteiger partial charge in [0.15, 0.2) is 0 Å². The van der Waals surface area contributed by atoms with Gasteiger partial charge in [0, 0.05) is 19.0 Å². The predicted octanol–water partition coefficient (Wildman–Crippen LogP) is 2.27. The van der Waals surface area contributed by atoms with Crippen molar-refractivity contribution < 1.29 is 5.21 Å². The van der Waals surface area contributed by atoms with Crippen LogP contribution >= 0.6 is 0 Å². The molecule has 0 aromatic rings. The van der Waals surface area contributed by atoms with Gasteiger partial charge in [0.05, 0.1) is 0 Å². The molecule has 17 heavy (non-hydrogen) atoms. The van der Waals surface area contributed by atoms with Crippen LogP contribution in [0.25, 0.3) is 0 Å². The number of hydrogen-bond donors (Lipinski definition) is 2. The van der Waals surface area contributed by atoms with Crippen LogP contribution in [-0.4, -0.2) is 35.1 Å². The third kappa shape index (κ3) is 4.54. The van der Waals surface area contributed by atoms with E-state index in [4.69, 9.17) is 10.9 Å². The molecule has 0 saturated heterocycles. The average Bonchev–Trinajstić information content (AvgIpc) is 2.28. The predicted molar refractivity (Wildman–Crippen MR) is 71.2 cm³/mol. The maximum absolute atomic E-state index is 8.56. The lowest BCUT2D eigenvalue weighted by Gasteiger charge is -2.38. The van der Waals surface area contributed by atoms with Crippen LogP contribution in [0.3, 0.4) is 0 Å². The number of rotatable bonds is 5. The zero-order valence-corrected chi connectivity index (χ0v) is 11.4.